The van der Waals surface area contributed by atoms with Crippen LogP contribution in [0, 0.1) is 5.92 Å². The van der Waals surface area contributed by atoms with Gasteiger partial charge in [0.15, 0.2) is 0 Å². The van der Waals surface area contributed by atoms with Crippen LogP contribution in [0.25, 0.3) is 0 Å². The number of aliphatic hydroxyl groups excluding tert-OH is 1. The van der Waals surface area contributed by atoms with E-state index in [-0.39, 0.29) is 12.5 Å². The van der Waals surface area contributed by atoms with Gasteiger partial charge in [-0.15, -0.1) is 0 Å². The normalized spacial score (nSPS) is 20.1. The second-order valence-corrected chi connectivity index (χ2v) is 4.13. The van der Waals surface area contributed by atoms with Crippen LogP contribution < -0.4 is 5.32 Å². The van der Waals surface area contributed by atoms with Crippen molar-refractivity contribution in [3.63, 3.8) is 0 Å². The summed E-state index contributed by atoms with van der Waals surface area (Å²) in [6.45, 7) is 2.34. The Bertz CT molecular complexity index is 283. The van der Waals surface area contributed by atoms with E-state index in [2.05, 4.69) is 10.3 Å². The minimum absolute atomic E-state index is 0.210. The zero-order valence-corrected chi connectivity index (χ0v) is 8.89. The molecule has 0 radical (unpaired) electrons. The van der Waals surface area contributed by atoms with Crippen molar-refractivity contribution in [2.45, 2.75) is 18.8 Å². The van der Waals surface area contributed by atoms with Gasteiger partial charge < -0.3 is 10.4 Å². The first-order valence-corrected chi connectivity index (χ1v) is 5.64. The van der Waals surface area contributed by atoms with E-state index in [1.807, 2.05) is 18.2 Å². The van der Waals surface area contributed by atoms with Gasteiger partial charge in [-0.25, -0.2) is 0 Å². The number of nitrogens with one attached hydrogen (secondary N) is 1. The predicted octanol–water partition coefficient (Wildman–Crippen LogP) is 1.16. The molecule has 1 aromatic heterocycles. The lowest BCUT2D eigenvalue weighted by Crippen LogP contribution is -2.32. The highest BCUT2D eigenvalue weighted by atomic mass is 16.3. The summed E-state index contributed by atoms with van der Waals surface area (Å²) in [5, 5.41) is 12.8. The third-order valence-electron chi connectivity index (χ3n) is 3.22. The van der Waals surface area contributed by atoms with E-state index in [1.54, 1.807) is 6.20 Å². The highest BCUT2D eigenvalue weighted by molar-refractivity contribution is 5.11. The Morgan fingerprint density at radius 3 is 2.80 bits per heavy atom. The van der Waals surface area contributed by atoms with Gasteiger partial charge in [0.2, 0.25) is 0 Å². The molecule has 2 heterocycles. The molecule has 82 valence electrons. The van der Waals surface area contributed by atoms with E-state index < -0.39 is 0 Å². The Morgan fingerprint density at radius 1 is 1.40 bits per heavy atom. The van der Waals surface area contributed by atoms with Gasteiger partial charge in [-0.05, 0) is 44.0 Å². The zero-order chi connectivity index (χ0) is 10.5. The molecular formula is C12H18N2O. The summed E-state index contributed by atoms with van der Waals surface area (Å²) in [6.07, 6.45) is 4.09. The maximum Gasteiger partial charge on any atom is 0.0517 e. The van der Waals surface area contributed by atoms with Gasteiger partial charge in [0, 0.05) is 17.8 Å². The van der Waals surface area contributed by atoms with Crippen LogP contribution >= 0.6 is 0 Å². The van der Waals surface area contributed by atoms with Crippen LogP contribution in [0.2, 0.25) is 0 Å². The van der Waals surface area contributed by atoms with Gasteiger partial charge in [-0.3, -0.25) is 4.98 Å². The fourth-order valence-corrected chi connectivity index (χ4v) is 2.33. The van der Waals surface area contributed by atoms with Gasteiger partial charge in [0.05, 0.1) is 6.61 Å². The summed E-state index contributed by atoms with van der Waals surface area (Å²) in [7, 11) is 0. The van der Waals surface area contributed by atoms with Crippen LogP contribution in [0.3, 0.4) is 0 Å². The van der Waals surface area contributed by atoms with Gasteiger partial charge in [0.25, 0.3) is 0 Å². The van der Waals surface area contributed by atoms with E-state index in [1.165, 1.54) is 0 Å². The number of rotatable bonds is 3. The first-order chi connectivity index (χ1) is 7.42. The third-order valence-corrected chi connectivity index (χ3v) is 3.22. The summed E-state index contributed by atoms with van der Waals surface area (Å²) in [4.78, 5) is 4.34. The molecule has 1 unspecified atom stereocenters. The molecule has 1 fully saturated rings. The molecule has 0 aromatic carbocycles. The number of piperidine rings is 1. The Labute approximate surface area is 90.5 Å². The van der Waals surface area contributed by atoms with Crippen molar-refractivity contribution in [1.29, 1.82) is 0 Å². The van der Waals surface area contributed by atoms with Crippen molar-refractivity contribution in [1.82, 2.24) is 10.3 Å². The number of aromatic nitrogens is 1. The lowest BCUT2D eigenvalue weighted by molar-refractivity contribution is 0.198. The Kier molecular flexibility index (Phi) is 3.69. The van der Waals surface area contributed by atoms with E-state index in [0.717, 1.165) is 31.6 Å². The highest BCUT2D eigenvalue weighted by Gasteiger charge is 2.24. The highest BCUT2D eigenvalue weighted by Crippen LogP contribution is 2.29. The quantitative estimate of drug-likeness (QED) is 0.780. The maximum atomic E-state index is 9.47. The molecule has 2 N–H and O–H groups in total. The van der Waals surface area contributed by atoms with Crippen LogP contribution in [0.15, 0.2) is 24.4 Å². The van der Waals surface area contributed by atoms with Crippen LogP contribution in [0.5, 0.6) is 0 Å². The first kappa shape index (κ1) is 10.6. The van der Waals surface area contributed by atoms with Crippen LogP contribution in [-0.4, -0.2) is 29.8 Å². The summed E-state index contributed by atoms with van der Waals surface area (Å²) >= 11 is 0. The molecule has 2 rings (SSSR count). The number of hydrogen-bond acceptors (Lipinski definition) is 3. The van der Waals surface area contributed by atoms with Gasteiger partial charge in [0.1, 0.15) is 0 Å². The minimum atomic E-state index is 0.210. The first-order valence-electron chi connectivity index (χ1n) is 5.64. The number of pyridine rings is 1. The number of aliphatic hydroxyl groups is 1. The second kappa shape index (κ2) is 5.24. The van der Waals surface area contributed by atoms with E-state index >= 15 is 0 Å². The van der Waals surface area contributed by atoms with Gasteiger partial charge in [-0.2, -0.15) is 0 Å². The monoisotopic (exact) mass is 206 g/mol. The van der Waals surface area contributed by atoms with Gasteiger partial charge >= 0.3 is 0 Å². The summed E-state index contributed by atoms with van der Waals surface area (Å²) in [5.74, 6) is 0.791. The average Bonchev–Trinajstić information content (AvgIpc) is 2.33. The van der Waals surface area contributed by atoms with Crippen molar-refractivity contribution in [2.75, 3.05) is 19.7 Å². The number of nitrogens with zero attached hydrogens (tertiary/aromatic N) is 1. The fraction of sp³-hybridized carbons (Fsp3) is 0.583. The average molecular weight is 206 g/mol. The molecule has 1 aliphatic heterocycles. The third kappa shape index (κ3) is 2.55. The summed E-state index contributed by atoms with van der Waals surface area (Å²) < 4.78 is 0. The Balaban J connectivity index is 2.09. The molecule has 1 aliphatic rings. The molecule has 0 aliphatic carbocycles. The minimum Gasteiger partial charge on any atom is -0.396 e. The molecule has 0 saturated carbocycles. The molecule has 1 aromatic rings. The second-order valence-electron chi connectivity index (χ2n) is 4.13. The fourth-order valence-electron chi connectivity index (χ4n) is 2.33. The topological polar surface area (TPSA) is 45.2 Å². The van der Waals surface area contributed by atoms with Gasteiger partial charge in [-0.1, -0.05) is 6.07 Å². The molecule has 0 amide bonds. The van der Waals surface area contributed by atoms with Crippen molar-refractivity contribution in [2.24, 2.45) is 5.92 Å². The standard InChI is InChI=1S/C12H18N2O/c15-9-11(10-4-7-13-8-5-10)12-3-1-2-6-14-12/h1-3,6,10-11,13,15H,4-5,7-9H2. The lowest BCUT2D eigenvalue weighted by atomic mass is 9.83. The van der Waals surface area contributed by atoms with Crippen molar-refractivity contribution < 1.29 is 5.11 Å². The molecule has 1 saturated heterocycles. The van der Waals surface area contributed by atoms with E-state index in [0.29, 0.717) is 5.92 Å². The van der Waals surface area contributed by atoms with E-state index in [9.17, 15) is 5.11 Å². The van der Waals surface area contributed by atoms with E-state index in [4.69, 9.17) is 0 Å². The Morgan fingerprint density at radius 2 is 2.20 bits per heavy atom. The largest absolute Gasteiger partial charge is 0.396 e. The summed E-state index contributed by atoms with van der Waals surface area (Å²) in [5.41, 5.74) is 1.03. The van der Waals surface area contributed by atoms with Crippen LogP contribution in [-0.2, 0) is 0 Å². The predicted molar refractivity (Wildman–Crippen MR) is 59.7 cm³/mol. The smallest absolute Gasteiger partial charge is 0.0517 e. The molecule has 0 bridgehead atoms. The van der Waals surface area contributed by atoms with Crippen molar-refractivity contribution >= 4 is 0 Å². The molecule has 15 heavy (non-hydrogen) atoms. The Hall–Kier alpha value is -0.930. The van der Waals surface area contributed by atoms with Crippen molar-refractivity contribution in [3.8, 4) is 0 Å². The molecule has 3 heteroatoms. The van der Waals surface area contributed by atoms with Crippen molar-refractivity contribution in [3.05, 3.63) is 30.1 Å². The maximum absolute atomic E-state index is 9.47. The lowest BCUT2D eigenvalue weighted by Gasteiger charge is -2.29. The van der Waals surface area contributed by atoms with Crippen LogP contribution in [0.1, 0.15) is 24.5 Å². The van der Waals surface area contributed by atoms with Crippen LogP contribution in [0.4, 0.5) is 0 Å². The zero-order valence-electron chi connectivity index (χ0n) is 8.89. The SMILES string of the molecule is OCC(c1ccccn1)C1CCNCC1. The summed E-state index contributed by atoms with van der Waals surface area (Å²) in [6, 6.07) is 5.93. The molecule has 3 nitrogen and oxygen atoms in total. The molecule has 1 atom stereocenters. The molecule has 0 spiro atoms. The number of hydrogen-bond donors (Lipinski definition) is 2. The molecular weight excluding hydrogens is 188 g/mol.